The molecule has 130 valence electrons. The molecule has 1 amide bonds. The number of amides is 1. The number of alkyl carbamates (subject to hydrolysis) is 1. The topological polar surface area (TPSA) is 87.1 Å². The van der Waals surface area contributed by atoms with E-state index in [1.54, 1.807) is 0 Å². The Morgan fingerprint density at radius 1 is 1.16 bits per heavy atom. The number of hydrogen-bond acceptors (Lipinski definition) is 3. The molecule has 6 nitrogen and oxygen atoms in total. The van der Waals surface area contributed by atoms with Crippen molar-refractivity contribution in [1.82, 2.24) is 5.32 Å². The fourth-order valence-corrected chi connectivity index (χ4v) is 2.49. The molecule has 2 atom stereocenters. The summed E-state index contributed by atoms with van der Waals surface area (Å²) in [6.07, 6.45) is 0.229. The van der Waals surface area contributed by atoms with Gasteiger partial charge in [0.2, 0.25) is 0 Å². The summed E-state index contributed by atoms with van der Waals surface area (Å²) in [5.41, 5.74) is 11.5. The smallest absolute Gasteiger partial charge is 0.407 e. The summed E-state index contributed by atoms with van der Waals surface area (Å²) >= 11 is 0. The van der Waals surface area contributed by atoms with Crippen LogP contribution in [0.2, 0.25) is 0 Å². The Kier molecular flexibility index (Phi) is 6.87. The maximum Gasteiger partial charge on any atom is 0.407 e. The number of rotatable bonds is 7. The number of hydrogen-bond donors (Lipinski definition) is 1. The highest BCUT2D eigenvalue weighted by atomic mass is 16.5. The Labute approximate surface area is 147 Å². The maximum atomic E-state index is 11.9. The Balaban J connectivity index is 1.85. The van der Waals surface area contributed by atoms with Crippen molar-refractivity contribution in [3.8, 4) is 0 Å². The highest BCUT2D eigenvalue weighted by Crippen LogP contribution is 2.18. The molecule has 0 fully saturated rings. The Morgan fingerprint density at radius 3 is 2.60 bits per heavy atom. The van der Waals surface area contributed by atoms with Gasteiger partial charge in [-0.25, -0.2) is 4.79 Å². The summed E-state index contributed by atoms with van der Waals surface area (Å²) in [5.74, 6) is 0. The molecule has 1 N–H and O–H groups in total. The standard InChI is InChI=1S/C19H22N4O2/c1-14(21-19(24)25-13-16-7-4-3-5-8-16)11-17-9-6-10-18(12-17)15(2)22-23-20/h3-10,12,14-15H,11,13H2,1-2H3,(H,21,24)/t14-,15+/m0/s1. The Hall–Kier alpha value is -2.98. The summed E-state index contributed by atoms with van der Waals surface area (Å²) in [6, 6.07) is 17.1. The van der Waals surface area contributed by atoms with Crippen LogP contribution in [0.5, 0.6) is 0 Å². The molecule has 0 aliphatic heterocycles. The van der Waals surface area contributed by atoms with Crippen LogP contribution in [0.1, 0.15) is 36.6 Å². The molecular weight excluding hydrogens is 316 g/mol. The van der Waals surface area contributed by atoms with Crippen molar-refractivity contribution in [3.05, 3.63) is 81.7 Å². The summed E-state index contributed by atoms with van der Waals surface area (Å²) in [6.45, 7) is 4.02. The molecule has 0 spiro atoms. The number of carbonyl (C=O) groups is 1. The van der Waals surface area contributed by atoms with Gasteiger partial charge in [-0.05, 0) is 35.6 Å². The van der Waals surface area contributed by atoms with E-state index in [1.165, 1.54) is 0 Å². The molecular formula is C19H22N4O2. The molecule has 2 aromatic rings. The van der Waals surface area contributed by atoms with Crippen molar-refractivity contribution >= 4 is 6.09 Å². The van der Waals surface area contributed by atoms with Crippen LogP contribution in [0.15, 0.2) is 59.7 Å². The summed E-state index contributed by atoms with van der Waals surface area (Å²) in [4.78, 5) is 14.7. The van der Waals surface area contributed by atoms with Gasteiger partial charge in [0.25, 0.3) is 0 Å². The lowest BCUT2D eigenvalue weighted by atomic mass is 10.0. The van der Waals surface area contributed by atoms with E-state index in [9.17, 15) is 4.79 Å². The number of ether oxygens (including phenoxy) is 1. The first-order valence-electron chi connectivity index (χ1n) is 8.18. The van der Waals surface area contributed by atoms with Crippen molar-refractivity contribution in [3.63, 3.8) is 0 Å². The molecule has 0 saturated heterocycles. The van der Waals surface area contributed by atoms with E-state index in [-0.39, 0.29) is 18.7 Å². The van der Waals surface area contributed by atoms with Crippen molar-refractivity contribution in [2.24, 2.45) is 5.11 Å². The van der Waals surface area contributed by atoms with Gasteiger partial charge in [-0.15, -0.1) is 0 Å². The first-order chi connectivity index (χ1) is 12.1. The largest absolute Gasteiger partial charge is 0.445 e. The van der Waals surface area contributed by atoms with Crippen LogP contribution in [0.3, 0.4) is 0 Å². The van der Waals surface area contributed by atoms with E-state index in [4.69, 9.17) is 10.3 Å². The second-order valence-electron chi connectivity index (χ2n) is 5.94. The van der Waals surface area contributed by atoms with Crippen molar-refractivity contribution in [2.75, 3.05) is 0 Å². The minimum absolute atomic E-state index is 0.0757. The van der Waals surface area contributed by atoms with Gasteiger partial charge in [0.1, 0.15) is 6.61 Å². The molecule has 2 aromatic carbocycles. The van der Waals surface area contributed by atoms with Gasteiger partial charge in [-0.3, -0.25) is 0 Å². The van der Waals surface area contributed by atoms with E-state index in [2.05, 4.69) is 15.3 Å². The molecule has 0 aliphatic rings. The highest BCUT2D eigenvalue weighted by Gasteiger charge is 2.10. The first kappa shape index (κ1) is 18.4. The van der Waals surface area contributed by atoms with Gasteiger partial charge in [-0.2, -0.15) is 0 Å². The quantitative estimate of drug-likeness (QED) is 0.441. The van der Waals surface area contributed by atoms with Crippen molar-refractivity contribution in [2.45, 2.75) is 39.0 Å². The summed E-state index contributed by atoms with van der Waals surface area (Å²) < 4.78 is 5.23. The van der Waals surface area contributed by atoms with E-state index in [0.717, 1.165) is 16.7 Å². The normalized spacial score (nSPS) is 12.6. The third-order valence-electron chi connectivity index (χ3n) is 3.78. The van der Waals surface area contributed by atoms with Gasteiger partial charge in [0, 0.05) is 11.0 Å². The average molecular weight is 338 g/mol. The molecule has 0 heterocycles. The van der Waals surface area contributed by atoms with Crippen LogP contribution in [0, 0.1) is 0 Å². The molecule has 0 aromatic heterocycles. The molecule has 0 aliphatic carbocycles. The molecule has 2 rings (SSSR count). The fraction of sp³-hybridized carbons (Fsp3) is 0.316. The number of benzene rings is 2. The van der Waals surface area contributed by atoms with E-state index in [0.29, 0.717) is 6.42 Å². The van der Waals surface area contributed by atoms with E-state index >= 15 is 0 Å². The molecule has 0 bridgehead atoms. The monoisotopic (exact) mass is 338 g/mol. The fourth-order valence-electron chi connectivity index (χ4n) is 2.49. The van der Waals surface area contributed by atoms with Crippen LogP contribution < -0.4 is 5.32 Å². The third-order valence-corrected chi connectivity index (χ3v) is 3.78. The minimum atomic E-state index is -0.435. The van der Waals surface area contributed by atoms with Crippen molar-refractivity contribution < 1.29 is 9.53 Å². The Bertz CT molecular complexity index is 742. The molecule has 0 radical (unpaired) electrons. The van der Waals surface area contributed by atoms with Gasteiger partial charge < -0.3 is 10.1 Å². The summed E-state index contributed by atoms with van der Waals surface area (Å²) in [7, 11) is 0. The van der Waals surface area contributed by atoms with E-state index < -0.39 is 6.09 Å². The first-order valence-corrected chi connectivity index (χ1v) is 8.18. The third kappa shape index (κ3) is 6.20. The zero-order valence-corrected chi connectivity index (χ0v) is 14.4. The molecule has 6 heteroatoms. The average Bonchev–Trinajstić information content (AvgIpc) is 2.61. The lowest BCUT2D eigenvalue weighted by molar-refractivity contribution is 0.136. The van der Waals surface area contributed by atoms with Gasteiger partial charge in [-0.1, -0.05) is 66.6 Å². The van der Waals surface area contributed by atoms with Crippen LogP contribution >= 0.6 is 0 Å². The predicted octanol–water partition coefficient (Wildman–Crippen LogP) is 4.92. The highest BCUT2D eigenvalue weighted by molar-refractivity contribution is 5.67. The zero-order chi connectivity index (χ0) is 18.1. The van der Waals surface area contributed by atoms with E-state index in [1.807, 2.05) is 68.4 Å². The number of azide groups is 1. The second-order valence-corrected chi connectivity index (χ2v) is 5.94. The van der Waals surface area contributed by atoms with Crippen molar-refractivity contribution in [1.29, 1.82) is 0 Å². The van der Waals surface area contributed by atoms with Crippen LogP contribution in [0.4, 0.5) is 4.79 Å². The lowest BCUT2D eigenvalue weighted by Crippen LogP contribution is -2.34. The van der Waals surface area contributed by atoms with Gasteiger partial charge in [0.05, 0.1) is 6.04 Å². The van der Waals surface area contributed by atoms with Crippen LogP contribution in [0.25, 0.3) is 10.4 Å². The number of carbonyl (C=O) groups excluding carboxylic acids is 1. The molecule has 0 saturated carbocycles. The minimum Gasteiger partial charge on any atom is -0.445 e. The maximum absolute atomic E-state index is 11.9. The number of nitrogens with zero attached hydrogens (tertiary/aromatic N) is 3. The summed E-state index contributed by atoms with van der Waals surface area (Å²) in [5, 5.41) is 6.54. The van der Waals surface area contributed by atoms with Crippen LogP contribution in [-0.2, 0) is 17.8 Å². The lowest BCUT2D eigenvalue weighted by Gasteiger charge is -2.15. The number of nitrogens with one attached hydrogen (secondary N) is 1. The SMILES string of the molecule is C[C@@H](Cc1cccc([C@@H](C)N=[N+]=[N-])c1)NC(=O)OCc1ccccc1. The Morgan fingerprint density at radius 2 is 1.88 bits per heavy atom. The second kappa shape index (κ2) is 9.35. The zero-order valence-electron chi connectivity index (χ0n) is 14.4. The molecule has 0 unspecified atom stereocenters. The van der Waals surface area contributed by atoms with Crippen LogP contribution in [-0.4, -0.2) is 12.1 Å². The predicted molar refractivity (Wildman–Crippen MR) is 96.9 cm³/mol. The van der Waals surface area contributed by atoms with Gasteiger partial charge in [0.15, 0.2) is 0 Å². The van der Waals surface area contributed by atoms with Gasteiger partial charge >= 0.3 is 6.09 Å². The molecule has 25 heavy (non-hydrogen) atoms.